The maximum absolute atomic E-state index is 12.5. The largest absolute Gasteiger partial charge is 0.484 e. The Labute approximate surface area is 165 Å². The number of carbonyl (C=O) groups is 1. The maximum Gasteiger partial charge on any atom is 0.264 e. The van der Waals surface area contributed by atoms with Crippen molar-refractivity contribution in [2.45, 2.75) is 33.8 Å². The molecular weight excluding hydrogens is 354 g/mol. The van der Waals surface area contributed by atoms with Gasteiger partial charge in [-0.3, -0.25) is 4.79 Å². The quantitative estimate of drug-likeness (QED) is 0.623. The molecule has 0 aliphatic heterocycles. The zero-order valence-electron chi connectivity index (χ0n) is 16.7. The minimum atomic E-state index is -0.0139. The van der Waals surface area contributed by atoms with Crippen LogP contribution in [-0.4, -0.2) is 34.5 Å². The molecule has 1 heterocycles. The molecule has 0 aliphatic carbocycles. The van der Waals surface area contributed by atoms with Crippen molar-refractivity contribution < 1.29 is 14.1 Å². The predicted molar refractivity (Wildman–Crippen MR) is 106 cm³/mol. The number of aryl methyl sites for hydroxylation is 3. The summed E-state index contributed by atoms with van der Waals surface area (Å²) in [7, 11) is 1.78. The highest BCUT2D eigenvalue weighted by molar-refractivity contribution is 5.95. The number of ether oxygens (including phenoxy) is 1. The van der Waals surface area contributed by atoms with Crippen LogP contribution in [0.1, 0.15) is 38.8 Å². The van der Waals surface area contributed by atoms with Crippen LogP contribution < -0.4 is 4.74 Å². The van der Waals surface area contributed by atoms with Gasteiger partial charge in [0.05, 0.1) is 0 Å². The Morgan fingerprint density at radius 1 is 1.11 bits per heavy atom. The van der Waals surface area contributed by atoms with E-state index in [1.807, 2.05) is 57.2 Å². The van der Waals surface area contributed by atoms with Crippen molar-refractivity contribution in [1.82, 2.24) is 15.0 Å². The third-order valence-corrected chi connectivity index (χ3v) is 4.46. The molecule has 0 atom stereocenters. The van der Waals surface area contributed by atoms with E-state index in [1.165, 1.54) is 0 Å². The first-order valence-corrected chi connectivity index (χ1v) is 9.26. The molecule has 2 aromatic carbocycles. The van der Waals surface area contributed by atoms with Gasteiger partial charge in [-0.05, 0) is 55.7 Å². The lowest BCUT2D eigenvalue weighted by molar-refractivity contribution is 0.0795. The lowest BCUT2D eigenvalue weighted by Gasteiger charge is -2.17. The van der Waals surface area contributed by atoms with E-state index in [-0.39, 0.29) is 12.5 Å². The second kappa shape index (κ2) is 8.69. The number of carbonyl (C=O) groups excluding carboxylic acids is 1. The fourth-order valence-electron chi connectivity index (χ4n) is 3.00. The lowest BCUT2D eigenvalue weighted by Crippen LogP contribution is -2.29. The molecule has 0 unspecified atom stereocenters. The molecule has 0 radical (unpaired) electrons. The molecule has 0 aliphatic rings. The molecule has 6 nitrogen and oxygen atoms in total. The molecule has 0 bridgehead atoms. The van der Waals surface area contributed by atoms with Crippen LogP contribution in [0.5, 0.6) is 5.75 Å². The molecule has 0 spiro atoms. The molecule has 3 aromatic rings. The van der Waals surface area contributed by atoms with E-state index < -0.39 is 0 Å². The number of rotatable bonds is 7. The van der Waals surface area contributed by atoms with Crippen LogP contribution in [0.15, 0.2) is 47.0 Å². The summed E-state index contributed by atoms with van der Waals surface area (Å²) in [5.74, 6) is 1.74. The third kappa shape index (κ3) is 4.97. The van der Waals surface area contributed by atoms with Gasteiger partial charge in [-0.25, -0.2) is 0 Å². The van der Waals surface area contributed by atoms with E-state index in [0.717, 1.165) is 22.4 Å². The van der Waals surface area contributed by atoms with Gasteiger partial charge < -0.3 is 14.2 Å². The standard InChI is InChI=1S/C22H25N3O3/c1-15-11-16(2)13-18(12-15)27-14-21-23-20(24-28-21)9-10-25(4)22(26)19-8-6-5-7-17(19)3/h5-8,11-13H,9-10,14H2,1-4H3. The SMILES string of the molecule is Cc1cc(C)cc(OCc2nc(CCN(C)C(=O)c3ccccc3C)no2)c1. The highest BCUT2D eigenvalue weighted by atomic mass is 16.5. The maximum atomic E-state index is 12.5. The highest BCUT2D eigenvalue weighted by Crippen LogP contribution is 2.17. The van der Waals surface area contributed by atoms with Gasteiger partial charge in [-0.15, -0.1) is 0 Å². The average molecular weight is 379 g/mol. The van der Waals surface area contributed by atoms with Crippen LogP contribution in [-0.2, 0) is 13.0 Å². The second-order valence-corrected chi connectivity index (χ2v) is 7.01. The summed E-state index contributed by atoms with van der Waals surface area (Å²) in [6.07, 6.45) is 0.515. The smallest absolute Gasteiger partial charge is 0.264 e. The molecular formula is C22H25N3O3. The minimum Gasteiger partial charge on any atom is -0.484 e. The summed E-state index contributed by atoms with van der Waals surface area (Å²) in [4.78, 5) is 18.6. The topological polar surface area (TPSA) is 68.5 Å². The summed E-state index contributed by atoms with van der Waals surface area (Å²) in [5.41, 5.74) is 3.95. The first kappa shape index (κ1) is 19.6. The van der Waals surface area contributed by atoms with E-state index in [0.29, 0.717) is 30.2 Å². The molecule has 0 saturated heterocycles. The number of hydrogen-bond donors (Lipinski definition) is 0. The molecule has 1 aromatic heterocycles. The molecule has 3 rings (SSSR count). The van der Waals surface area contributed by atoms with E-state index in [9.17, 15) is 4.79 Å². The van der Waals surface area contributed by atoms with Gasteiger partial charge in [-0.1, -0.05) is 29.4 Å². The van der Waals surface area contributed by atoms with Crippen molar-refractivity contribution in [3.8, 4) is 5.75 Å². The Morgan fingerprint density at radius 2 is 1.82 bits per heavy atom. The molecule has 6 heteroatoms. The number of hydrogen-bond acceptors (Lipinski definition) is 5. The Kier molecular flexibility index (Phi) is 6.09. The summed E-state index contributed by atoms with van der Waals surface area (Å²) >= 11 is 0. The summed E-state index contributed by atoms with van der Waals surface area (Å²) < 4.78 is 11.0. The van der Waals surface area contributed by atoms with Gasteiger partial charge in [0.2, 0.25) is 0 Å². The van der Waals surface area contributed by atoms with Crippen molar-refractivity contribution in [2.24, 2.45) is 0 Å². The summed E-state index contributed by atoms with van der Waals surface area (Å²) in [5, 5.41) is 3.98. The van der Waals surface area contributed by atoms with Gasteiger partial charge in [0.25, 0.3) is 11.8 Å². The summed E-state index contributed by atoms with van der Waals surface area (Å²) in [6.45, 7) is 6.71. The number of nitrogens with zero attached hydrogens (tertiary/aromatic N) is 3. The number of benzene rings is 2. The van der Waals surface area contributed by atoms with E-state index in [4.69, 9.17) is 9.26 Å². The molecule has 0 N–H and O–H groups in total. The molecule has 0 fully saturated rings. The van der Waals surface area contributed by atoms with Crippen LogP contribution in [0.3, 0.4) is 0 Å². The van der Waals surface area contributed by atoms with Crippen molar-refractivity contribution >= 4 is 5.91 Å². The monoisotopic (exact) mass is 379 g/mol. The van der Waals surface area contributed by atoms with Crippen molar-refractivity contribution in [1.29, 1.82) is 0 Å². The van der Waals surface area contributed by atoms with Crippen LogP contribution in [0.25, 0.3) is 0 Å². The zero-order chi connectivity index (χ0) is 20.1. The number of likely N-dealkylation sites (N-methyl/N-ethyl adjacent to an activating group) is 1. The fraction of sp³-hybridized carbons (Fsp3) is 0.318. The van der Waals surface area contributed by atoms with Crippen LogP contribution >= 0.6 is 0 Å². The zero-order valence-corrected chi connectivity index (χ0v) is 16.7. The predicted octanol–water partition coefficient (Wildman–Crippen LogP) is 3.89. The number of aromatic nitrogens is 2. The Morgan fingerprint density at radius 3 is 2.54 bits per heavy atom. The van der Waals surface area contributed by atoms with Crippen LogP contribution in [0, 0.1) is 20.8 Å². The van der Waals surface area contributed by atoms with Gasteiger partial charge in [-0.2, -0.15) is 4.98 Å². The summed E-state index contributed by atoms with van der Waals surface area (Å²) in [6, 6.07) is 13.6. The number of amides is 1. The average Bonchev–Trinajstić information content (AvgIpc) is 3.11. The Bertz CT molecular complexity index is 945. The Hall–Kier alpha value is -3.15. The molecule has 1 amide bonds. The van der Waals surface area contributed by atoms with Gasteiger partial charge in [0.15, 0.2) is 12.4 Å². The van der Waals surface area contributed by atoms with Gasteiger partial charge in [0.1, 0.15) is 5.75 Å². The van der Waals surface area contributed by atoms with Crippen molar-refractivity contribution in [3.05, 3.63) is 76.4 Å². The van der Waals surface area contributed by atoms with E-state index in [1.54, 1.807) is 11.9 Å². The third-order valence-electron chi connectivity index (χ3n) is 4.46. The van der Waals surface area contributed by atoms with E-state index >= 15 is 0 Å². The van der Waals surface area contributed by atoms with Crippen LogP contribution in [0.2, 0.25) is 0 Å². The fourth-order valence-corrected chi connectivity index (χ4v) is 3.00. The second-order valence-electron chi connectivity index (χ2n) is 7.01. The minimum absolute atomic E-state index is 0.0139. The van der Waals surface area contributed by atoms with Gasteiger partial charge in [0, 0.05) is 25.6 Å². The molecule has 0 saturated carbocycles. The first-order valence-electron chi connectivity index (χ1n) is 9.26. The van der Waals surface area contributed by atoms with Crippen molar-refractivity contribution in [3.63, 3.8) is 0 Å². The normalized spacial score (nSPS) is 10.7. The highest BCUT2D eigenvalue weighted by Gasteiger charge is 2.15. The van der Waals surface area contributed by atoms with Crippen LogP contribution in [0.4, 0.5) is 0 Å². The van der Waals surface area contributed by atoms with Gasteiger partial charge >= 0.3 is 0 Å². The first-order chi connectivity index (χ1) is 13.4. The lowest BCUT2D eigenvalue weighted by atomic mass is 10.1. The van der Waals surface area contributed by atoms with E-state index in [2.05, 4.69) is 16.2 Å². The molecule has 146 valence electrons. The Balaban J connectivity index is 1.53. The molecule has 28 heavy (non-hydrogen) atoms. The van der Waals surface area contributed by atoms with Crippen molar-refractivity contribution in [2.75, 3.05) is 13.6 Å².